The van der Waals surface area contributed by atoms with Crippen molar-refractivity contribution in [1.29, 1.82) is 0 Å². The molecule has 0 spiro atoms. The van der Waals surface area contributed by atoms with E-state index in [9.17, 15) is 0 Å². The van der Waals surface area contributed by atoms with Crippen LogP contribution in [0, 0.1) is 0 Å². The quantitative estimate of drug-likeness (QED) is 0.549. The van der Waals surface area contributed by atoms with Crippen LogP contribution in [-0.4, -0.2) is 25.2 Å². The van der Waals surface area contributed by atoms with Crippen molar-refractivity contribution < 1.29 is 0 Å². The van der Waals surface area contributed by atoms with Gasteiger partial charge in [-0.1, -0.05) is 31.9 Å². The summed E-state index contributed by atoms with van der Waals surface area (Å²) >= 11 is 7.09. The minimum atomic E-state index is 0.607. The number of benzene rings is 2. The number of H-pyrrole nitrogens is 1. The smallest absolute Gasteiger partial charge is 0.168 e. The highest BCUT2D eigenvalue weighted by Gasteiger charge is 2.12. The van der Waals surface area contributed by atoms with Gasteiger partial charge in [0.2, 0.25) is 0 Å². The number of hydrogen-bond donors (Lipinski definition) is 1. The molecule has 0 radical (unpaired) electrons. The summed E-state index contributed by atoms with van der Waals surface area (Å²) in [5, 5.41) is 16.5. The molecule has 0 amide bonds. The van der Waals surface area contributed by atoms with Crippen LogP contribution >= 0.6 is 31.9 Å². The first kappa shape index (κ1) is 13.0. The van der Waals surface area contributed by atoms with Gasteiger partial charge in [0.15, 0.2) is 5.82 Å². The lowest BCUT2D eigenvalue weighted by Gasteiger charge is -2.04. The van der Waals surface area contributed by atoms with E-state index < -0.39 is 0 Å². The zero-order valence-corrected chi connectivity index (χ0v) is 13.9. The van der Waals surface area contributed by atoms with Gasteiger partial charge in [0.1, 0.15) is 0 Å². The minimum absolute atomic E-state index is 0.607. The Morgan fingerprint density at radius 2 is 1.57 bits per heavy atom. The lowest BCUT2D eigenvalue weighted by Crippen LogP contribution is -2.01. The van der Waals surface area contributed by atoms with Crippen LogP contribution in [0.1, 0.15) is 5.82 Å². The summed E-state index contributed by atoms with van der Waals surface area (Å²) in [5.74, 6) is 0.736. The van der Waals surface area contributed by atoms with Crippen molar-refractivity contribution in [3.8, 4) is 0 Å². The molecular weight excluding hydrogens is 398 g/mol. The van der Waals surface area contributed by atoms with E-state index in [-0.39, 0.29) is 0 Å². The fourth-order valence-corrected chi connectivity index (χ4v) is 3.34. The van der Waals surface area contributed by atoms with Gasteiger partial charge < -0.3 is 4.57 Å². The molecule has 0 saturated carbocycles. The molecule has 0 bridgehead atoms. The molecule has 2 aromatic carbocycles. The Morgan fingerprint density at radius 3 is 2.10 bits per heavy atom. The van der Waals surface area contributed by atoms with Crippen LogP contribution < -0.4 is 0 Å². The maximum absolute atomic E-state index is 3.98. The van der Waals surface area contributed by atoms with Crippen molar-refractivity contribution in [1.82, 2.24) is 25.2 Å². The molecule has 4 rings (SSSR count). The van der Waals surface area contributed by atoms with Crippen molar-refractivity contribution in [2.45, 2.75) is 6.54 Å². The largest absolute Gasteiger partial charge is 0.333 e. The number of nitrogens with one attached hydrogen (secondary N) is 1. The normalized spacial score (nSPS) is 11.5. The molecule has 0 saturated heterocycles. The molecule has 4 aromatic rings. The third kappa shape index (κ3) is 2.16. The molecule has 2 heterocycles. The van der Waals surface area contributed by atoms with Crippen molar-refractivity contribution in [3.63, 3.8) is 0 Å². The fourth-order valence-electron chi connectivity index (χ4n) is 2.61. The van der Waals surface area contributed by atoms with Crippen LogP contribution in [0.15, 0.2) is 45.3 Å². The number of halogens is 2. The molecule has 0 unspecified atom stereocenters. The van der Waals surface area contributed by atoms with E-state index in [1.54, 1.807) is 0 Å². The van der Waals surface area contributed by atoms with E-state index in [2.05, 4.69) is 81.3 Å². The Kier molecular flexibility index (Phi) is 3.04. The van der Waals surface area contributed by atoms with Gasteiger partial charge in [0.05, 0.1) is 6.54 Å². The highest BCUT2D eigenvalue weighted by atomic mass is 79.9. The predicted octanol–water partition coefficient (Wildman–Crippen LogP) is 3.88. The fraction of sp³-hybridized carbons (Fsp3) is 0.0714. The van der Waals surface area contributed by atoms with Crippen molar-refractivity contribution in [2.75, 3.05) is 0 Å². The molecule has 0 fully saturated rings. The Hall–Kier alpha value is -1.73. The zero-order valence-electron chi connectivity index (χ0n) is 10.7. The molecule has 7 heteroatoms. The summed E-state index contributed by atoms with van der Waals surface area (Å²) in [7, 11) is 0. The summed E-state index contributed by atoms with van der Waals surface area (Å²) in [6.07, 6.45) is 0. The van der Waals surface area contributed by atoms with E-state index in [0.29, 0.717) is 6.54 Å². The molecule has 0 aliphatic heterocycles. The molecule has 1 N–H and O–H groups in total. The second-order valence-electron chi connectivity index (χ2n) is 4.76. The monoisotopic (exact) mass is 405 g/mol. The van der Waals surface area contributed by atoms with E-state index in [1.807, 2.05) is 12.1 Å². The van der Waals surface area contributed by atoms with E-state index in [4.69, 9.17) is 0 Å². The first-order valence-corrected chi connectivity index (χ1v) is 7.90. The summed E-state index contributed by atoms with van der Waals surface area (Å²) in [4.78, 5) is 0. The zero-order chi connectivity index (χ0) is 14.4. The van der Waals surface area contributed by atoms with Crippen LogP contribution in [0.5, 0.6) is 0 Å². The Labute approximate surface area is 136 Å². The molecule has 0 aliphatic carbocycles. The van der Waals surface area contributed by atoms with Gasteiger partial charge in [-0.2, -0.15) is 0 Å². The third-order valence-electron chi connectivity index (χ3n) is 3.49. The first-order valence-electron chi connectivity index (χ1n) is 6.32. The van der Waals surface area contributed by atoms with Crippen molar-refractivity contribution in [3.05, 3.63) is 51.2 Å². The van der Waals surface area contributed by atoms with E-state index >= 15 is 0 Å². The number of fused-ring (bicyclic) bond motifs is 3. The van der Waals surface area contributed by atoms with Crippen molar-refractivity contribution in [2.24, 2.45) is 0 Å². The highest BCUT2D eigenvalue weighted by Crippen LogP contribution is 2.33. The molecule has 2 aromatic heterocycles. The third-order valence-corrected chi connectivity index (χ3v) is 4.47. The number of hydrogen-bond acceptors (Lipinski definition) is 3. The van der Waals surface area contributed by atoms with Gasteiger partial charge in [-0.15, -0.1) is 5.10 Å². The number of rotatable bonds is 2. The second-order valence-corrected chi connectivity index (χ2v) is 6.59. The summed E-state index contributed by atoms with van der Waals surface area (Å²) in [6, 6.07) is 12.6. The number of nitrogens with zero attached hydrogens (tertiary/aromatic N) is 4. The Balaban J connectivity index is 2.06. The number of aromatic nitrogens is 5. The molecular formula is C14H9Br2N5. The van der Waals surface area contributed by atoms with Crippen LogP contribution in [0.25, 0.3) is 21.8 Å². The molecule has 21 heavy (non-hydrogen) atoms. The SMILES string of the molecule is Brc1ccc2c(c1)c1cc(Br)ccc1n2Cc1nnn[nH]1. The second kappa shape index (κ2) is 4.92. The van der Waals surface area contributed by atoms with Crippen molar-refractivity contribution >= 4 is 53.7 Å². The van der Waals surface area contributed by atoms with E-state index in [0.717, 1.165) is 25.8 Å². The van der Waals surface area contributed by atoms with E-state index in [1.165, 1.54) is 10.8 Å². The lowest BCUT2D eigenvalue weighted by atomic mass is 10.2. The standard InChI is InChI=1S/C14H9Br2N5/c15-8-1-3-12-10(5-8)11-6-9(16)2-4-13(11)21(12)7-14-17-19-20-18-14/h1-6H,7H2,(H,17,18,19,20). The molecule has 104 valence electrons. The molecule has 0 atom stereocenters. The first-order chi connectivity index (χ1) is 10.2. The topological polar surface area (TPSA) is 59.4 Å². The van der Waals surface area contributed by atoms with Gasteiger partial charge in [-0.05, 0) is 46.8 Å². The lowest BCUT2D eigenvalue weighted by molar-refractivity contribution is 0.797. The van der Waals surface area contributed by atoms with Gasteiger partial charge in [-0.25, -0.2) is 5.10 Å². The minimum Gasteiger partial charge on any atom is -0.333 e. The Bertz CT molecular complexity index is 884. The summed E-state index contributed by atoms with van der Waals surface area (Å²) in [6.45, 7) is 0.607. The van der Waals surface area contributed by atoms with Crippen LogP contribution in [0.2, 0.25) is 0 Å². The maximum atomic E-state index is 3.98. The maximum Gasteiger partial charge on any atom is 0.168 e. The average molecular weight is 407 g/mol. The van der Waals surface area contributed by atoms with Gasteiger partial charge in [0.25, 0.3) is 0 Å². The Morgan fingerprint density at radius 1 is 0.952 bits per heavy atom. The van der Waals surface area contributed by atoms with Gasteiger partial charge >= 0.3 is 0 Å². The molecule has 0 aliphatic rings. The van der Waals surface area contributed by atoms with Crippen LogP contribution in [0.3, 0.4) is 0 Å². The highest BCUT2D eigenvalue weighted by molar-refractivity contribution is 9.10. The predicted molar refractivity (Wildman–Crippen MR) is 88.1 cm³/mol. The number of tetrazole rings is 1. The molecule has 5 nitrogen and oxygen atoms in total. The number of aromatic amines is 1. The summed E-state index contributed by atoms with van der Waals surface area (Å²) in [5.41, 5.74) is 2.31. The van der Waals surface area contributed by atoms with Gasteiger partial charge in [-0.3, -0.25) is 0 Å². The summed E-state index contributed by atoms with van der Waals surface area (Å²) < 4.78 is 4.34. The van der Waals surface area contributed by atoms with Crippen LogP contribution in [-0.2, 0) is 6.54 Å². The average Bonchev–Trinajstić information content (AvgIpc) is 3.07. The van der Waals surface area contributed by atoms with Crippen LogP contribution in [0.4, 0.5) is 0 Å². The van der Waals surface area contributed by atoms with Gasteiger partial charge in [0, 0.05) is 30.8 Å².